The summed E-state index contributed by atoms with van der Waals surface area (Å²) in [7, 11) is 0. The summed E-state index contributed by atoms with van der Waals surface area (Å²) in [4.78, 5) is 11.0. The van der Waals surface area contributed by atoms with E-state index in [9.17, 15) is 4.79 Å². The highest BCUT2D eigenvalue weighted by Crippen LogP contribution is 2.35. The van der Waals surface area contributed by atoms with E-state index in [1.165, 1.54) is 0 Å². The molecule has 2 saturated heterocycles. The van der Waals surface area contributed by atoms with E-state index in [4.69, 9.17) is 14.2 Å². The average Bonchev–Trinajstić information content (AvgIpc) is 2.81. The van der Waals surface area contributed by atoms with Crippen molar-refractivity contribution in [1.29, 1.82) is 0 Å². The first-order valence-corrected chi connectivity index (χ1v) is 7.10. The van der Waals surface area contributed by atoms with Crippen molar-refractivity contribution in [3.63, 3.8) is 0 Å². The standard InChI is InChI=1S/C11H17IO4/c1-11(2)15-9(6-13)10(16-11)8-4-3-7(5-12)14-8/h6-10H,3-5H2,1-2H3/t7-,8-,9+,10-/m1/s1. The second kappa shape index (κ2) is 4.88. The van der Waals surface area contributed by atoms with Gasteiger partial charge in [0.1, 0.15) is 12.2 Å². The number of carbonyl (C=O) groups is 1. The van der Waals surface area contributed by atoms with Crippen molar-refractivity contribution in [2.24, 2.45) is 0 Å². The molecule has 0 aromatic rings. The number of alkyl halides is 1. The predicted octanol–water partition coefficient (Wildman–Crippen LogP) is 1.69. The summed E-state index contributed by atoms with van der Waals surface area (Å²) in [6.07, 6.45) is 2.36. The van der Waals surface area contributed by atoms with E-state index in [1.807, 2.05) is 13.8 Å². The van der Waals surface area contributed by atoms with Gasteiger partial charge in [-0.25, -0.2) is 0 Å². The summed E-state index contributed by atoms with van der Waals surface area (Å²) in [6.45, 7) is 3.66. The van der Waals surface area contributed by atoms with Gasteiger partial charge in [0, 0.05) is 4.43 Å². The molecule has 0 aromatic carbocycles. The zero-order valence-electron chi connectivity index (χ0n) is 9.52. The van der Waals surface area contributed by atoms with Crippen LogP contribution in [0.2, 0.25) is 0 Å². The van der Waals surface area contributed by atoms with Crippen molar-refractivity contribution in [3.05, 3.63) is 0 Å². The van der Waals surface area contributed by atoms with Crippen LogP contribution in [0.1, 0.15) is 26.7 Å². The van der Waals surface area contributed by atoms with Crippen LogP contribution >= 0.6 is 22.6 Å². The van der Waals surface area contributed by atoms with Gasteiger partial charge in [-0.05, 0) is 26.7 Å². The molecule has 4 atom stereocenters. The summed E-state index contributed by atoms with van der Waals surface area (Å²) in [5.41, 5.74) is 0. The van der Waals surface area contributed by atoms with Crippen molar-refractivity contribution in [2.45, 2.75) is 56.9 Å². The zero-order valence-corrected chi connectivity index (χ0v) is 11.7. The molecule has 92 valence electrons. The topological polar surface area (TPSA) is 44.8 Å². The highest BCUT2D eigenvalue weighted by Gasteiger charge is 2.47. The van der Waals surface area contributed by atoms with E-state index < -0.39 is 11.9 Å². The summed E-state index contributed by atoms with van der Waals surface area (Å²) in [6, 6.07) is 0. The molecule has 2 aliphatic rings. The Hall–Kier alpha value is 0.280. The second-order valence-corrected chi connectivity index (χ2v) is 5.61. The molecule has 0 unspecified atom stereocenters. The smallest absolute Gasteiger partial charge is 0.164 e. The number of aldehydes is 1. The van der Waals surface area contributed by atoms with Gasteiger partial charge in [0.25, 0.3) is 0 Å². The molecule has 0 N–H and O–H groups in total. The fraction of sp³-hybridized carbons (Fsp3) is 0.909. The maximum Gasteiger partial charge on any atom is 0.164 e. The lowest BCUT2D eigenvalue weighted by Gasteiger charge is -2.21. The van der Waals surface area contributed by atoms with Gasteiger partial charge < -0.3 is 19.0 Å². The molecule has 0 spiro atoms. The Morgan fingerprint density at radius 2 is 2.12 bits per heavy atom. The first kappa shape index (κ1) is 12.7. The Morgan fingerprint density at radius 1 is 1.38 bits per heavy atom. The fourth-order valence-electron chi connectivity index (χ4n) is 2.30. The van der Waals surface area contributed by atoms with E-state index >= 15 is 0 Å². The molecule has 2 fully saturated rings. The fourth-order valence-corrected chi connectivity index (χ4v) is 2.95. The van der Waals surface area contributed by atoms with E-state index in [-0.39, 0.29) is 12.2 Å². The quantitative estimate of drug-likeness (QED) is 0.446. The number of carbonyl (C=O) groups excluding carboxylic acids is 1. The SMILES string of the molecule is CC1(C)O[C@H]([C@H]2CC[C@H](CI)O2)[C@H](C=O)O1. The summed E-state index contributed by atoms with van der Waals surface area (Å²) < 4.78 is 18.1. The Kier molecular flexibility index (Phi) is 3.88. The Labute approximate surface area is 109 Å². The molecule has 0 saturated carbocycles. The largest absolute Gasteiger partial charge is 0.371 e. The first-order chi connectivity index (χ1) is 7.55. The normalized spacial score (nSPS) is 42.4. The van der Waals surface area contributed by atoms with Crippen molar-refractivity contribution < 1.29 is 19.0 Å². The molecule has 5 heteroatoms. The molecular weight excluding hydrogens is 323 g/mol. The minimum Gasteiger partial charge on any atom is -0.371 e. The van der Waals surface area contributed by atoms with Crippen molar-refractivity contribution >= 4 is 28.9 Å². The third kappa shape index (κ3) is 2.57. The minimum absolute atomic E-state index is 0.00302. The Balaban J connectivity index is 2.01. The highest BCUT2D eigenvalue weighted by atomic mass is 127. The average molecular weight is 340 g/mol. The van der Waals surface area contributed by atoms with Gasteiger partial charge in [-0.15, -0.1) is 0 Å². The third-order valence-electron chi connectivity index (χ3n) is 2.98. The van der Waals surface area contributed by atoms with Gasteiger partial charge >= 0.3 is 0 Å². The van der Waals surface area contributed by atoms with Gasteiger partial charge in [0.15, 0.2) is 12.1 Å². The second-order valence-electron chi connectivity index (χ2n) is 4.73. The molecule has 0 aromatic heterocycles. The van der Waals surface area contributed by atoms with Crippen LogP contribution in [0.25, 0.3) is 0 Å². The van der Waals surface area contributed by atoms with Crippen molar-refractivity contribution in [3.8, 4) is 0 Å². The molecule has 0 radical (unpaired) electrons. The van der Waals surface area contributed by atoms with Crippen LogP contribution in [0.3, 0.4) is 0 Å². The number of ether oxygens (including phenoxy) is 3. The zero-order chi connectivity index (χ0) is 11.8. The van der Waals surface area contributed by atoms with Crippen LogP contribution in [0, 0.1) is 0 Å². The van der Waals surface area contributed by atoms with E-state index in [1.54, 1.807) is 0 Å². The van der Waals surface area contributed by atoms with Gasteiger partial charge in [0.05, 0.1) is 12.2 Å². The summed E-state index contributed by atoms with van der Waals surface area (Å²) in [5, 5.41) is 0. The third-order valence-corrected chi connectivity index (χ3v) is 3.96. The van der Waals surface area contributed by atoms with Crippen molar-refractivity contribution in [2.75, 3.05) is 4.43 Å². The first-order valence-electron chi connectivity index (χ1n) is 5.58. The molecule has 16 heavy (non-hydrogen) atoms. The van der Waals surface area contributed by atoms with Crippen LogP contribution in [0.4, 0.5) is 0 Å². The number of rotatable bonds is 3. The van der Waals surface area contributed by atoms with E-state index in [0.717, 1.165) is 23.6 Å². The van der Waals surface area contributed by atoms with E-state index in [0.29, 0.717) is 6.10 Å². The molecular formula is C11H17IO4. The summed E-state index contributed by atoms with van der Waals surface area (Å²) in [5.74, 6) is -0.679. The predicted molar refractivity (Wildman–Crippen MR) is 66.7 cm³/mol. The molecule has 0 bridgehead atoms. The monoisotopic (exact) mass is 340 g/mol. The van der Waals surface area contributed by atoms with Crippen LogP contribution in [-0.2, 0) is 19.0 Å². The molecule has 2 rings (SSSR count). The van der Waals surface area contributed by atoms with Gasteiger partial charge in [0.2, 0.25) is 0 Å². The van der Waals surface area contributed by atoms with Gasteiger partial charge in [-0.3, -0.25) is 0 Å². The number of halogens is 1. The molecule has 2 heterocycles. The lowest BCUT2D eigenvalue weighted by molar-refractivity contribution is -0.158. The lowest BCUT2D eigenvalue weighted by atomic mass is 10.1. The van der Waals surface area contributed by atoms with Crippen LogP contribution in [0.5, 0.6) is 0 Å². The van der Waals surface area contributed by atoms with Gasteiger partial charge in [-0.1, -0.05) is 22.6 Å². The summed E-state index contributed by atoms with van der Waals surface area (Å²) >= 11 is 2.32. The molecule has 0 aliphatic carbocycles. The lowest BCUT2D eigenvalue weighted by Crippen LogP contribution is -2.36. The molecule has 0 amide bonds. The van der Waals surface area contributed by atoms with Crippen LogP contribution in [0.15, 0.2) is 0 Å². The minimum atomic E-state index is -0.679. The maximum atomic E-state index is 11.0. The van der Waals surface area contributed by atoms with Gasteiger partial charge in [-0.2, -0.15) is 0 Å². The Bertz CT molecular complexity index is 269. The van der Waals surface area contributed by atoms with Crippen molar-refractivity contribution in [1.82, 2.24) is 0 Å². The number of hydrogen-bond acceptors (Lipinski definition) is 4. The number of hydrogen-bond donors (Lipinski definition) is 0. The van der Waals surface area contributed by atoms with Crippen LogP contribution in [-0.4, -0.2) is 40.9 Å². The molecule has 2 aliphatic heterocycles. The molecule has 4 nitrogen and oxygen atoms in total. The van der Waals surface area contributed by atoms with Crippen LogP contribution < -0.4 is 0 Å². The van der Waals surface area contributed by atoms with E-state index in [2.05, 4.69) is 22.6 Å². The highest BCUT2D eigenvalue weighted by molar-refractivity contribution is 14.1. The maximum absolute atomic E-state index is 11.0. The Morgan fingerprint density at radius 3 is 2.69 bits per heavy atom.